The monoisotopic (exact) mass is 350 g/mol. The Bertz CT molecular complexity index is 569. The molecule has 0 aromatic carbocycles. The van der Waals surface area contributed by atoms with Crippen LogP contribution in [0, 0.1) is 0 Å². The third-order valence-corrected chi connectivity index (χ3v) is 4.14. The van der Waals surface area contributed by atoms with Crippen molar-refractivity contribution in [3.63, 3.8) is 0 Å². The van der Waals surface area contributed by atoms with Crippen LogP contribution in [0.25, 0.3) is 0 Å². The minimum Gasteiger partial charge on any atom is -0.393 e. The topological polar surface area (TPSA) is 157 Å². The van der Waals surface area contributed by atoms with Crippen LogP contribution >= 0.6 is 0 Å². The molecule has 10 nitrogen and oxygen atoms in total. The van der Waals surface area contributed by atoms with Gasteiger partial charge in [0.2, 0.25) is 6.29 Å². The van der Waals surface area contributed by atoms with Crippen molar-refractivity contribution < 1.29 is 45.3 Å². The summed E-state index contributed by atoms with van der Waals surface area (Å²) < 4.78 is 58.5. The first-order valence-corrected chi connectivity index (χ1v) is 9.37. The molecule has 1 heterocycles. The lowest BCUT2D eigenvalue weighted by Crippen LogP contribution is -2.55. The molecule has 1 saturated heterocycles. The summed E-state index contributed by atoms with van der Waals surface area (Å²) in [4.78, 5) is 0. The van der Waals surface area contributed by atoms with E-state index in [-0.39, 0.29) is 0 Å². The lowest BCUT2D eigenvalue weighted by Gasteiger charge is -2.34. The highest BCUT2D eigenvalue weighted by Gasteiger charge is 2.59. The van der Waals surface area contributed by atoms with Crippen LogP contribution in [0.1, 0.15) is 6.92 Å². The maximum Gasteiger partial charge on any atom is 0.266 e. The second-order valence-electron chi connectivity index (χ2n) is 4.78. The van der Waals surface area contributed by atoms with Gasteiger partial charge in [-0.3, -0.25) is 4.18 Å². The van der Waals surface area contributed by atoms with Gasteiger partial charge in [-0.2, -0.15) is 16.8 Å². The van der Waals surface area contributed by atoms with Crippen LogP contribution in [0.15, 0.2) is 0 Å². The van der Waals surface area contributed by atoms with Gasteiger partial charge >= 0.3 is 0 Å². The molecule has 1 aliphatic heterocycles. The summed E-state index contributed by atoms with van der Waals surface area (Å²) in [6.45, 7) is 0.238. The van der Waals surface area contributed by atoms with E-state index in [9.17, 15) is 32.2 Å². The smallest absolute Gasteiger partial charge is 0.266 e. The molecular weight excluding hydrogens is 332 g/mol. The normalized spacial score (nSPS) is 35.8. The molecule has 0 aromatic rings. The SMILES string of the molecule is CC(OS(C)(=O)=O)[C@]1(CO)OC(OS(C)(=O)=O)[C@H](O)[C@@H]1O. The number of hydrogen-bond donors (Lipinski definition) is 3. The van der Waals surface area contributed by atoms with Crippen LogP contribution in [0.5, 0.6) is 0 Å². The summed E-state index contributed by atoms with van der Waals surface area (Å²) in [6.07, 6.45) is -5.41. The van der Waals surface area contributed by atoms with Gasteiger partial charge in [0, 0.05) is 0 Å². The quantitative estimate of drug-likeness (QED) is 0.425. The molecule has 0 aromatic heterocycles. The standard InChI is InChI=1S/C9H18O10S2/c1-5(18-20(2,13)14)9(4-10)7(12)6(11)8(17-9)19-21(3,15)16/h5-8,10-12H,4H2,1-3H3/t5?,6-,7+,8?,9+/m1/s1. The third kappa shape index (κ3) is 4.32. The second kappa shape index (κ2) is 6.04. The molecule has 0 saturated carbocycles. The minimum absolute atomic E-state index is 0.699. The first kappa shape index (κ1) is 18.7. The largest absolute Gasteiger partial charge is 0.393 e. The van der Waals surface area contributed by atoms with Gasteiger partial charge in [-0.1, -0.05) is 0 Å². The lowest BCUT2D eigenvalue weighted by atomic mass is 9.91. The van der Waals surface area contributed by atoms with Crippen molar-refractivity contribution in [3.8, 4) is 0 Å². The van der Waals surface area contributed by atoms with Gasteiger partial charge in [0.25, 0.3) is 20.2 Å². The van der Waals surface area contributed by atoms with Gasteiger partial charge in [-0.15, -0.1) is 0 Å². The fourth-order valence-electron chi connectivity index (χ4n) is 1.98. The molecule has 0 radical (unpaired) electrons. The van der Waals surface area contributed by atoms with Crippen LogP contribution < -0.4 is 0 Å². The third-order valence-electron chi connectivity index (χ3n) is 2.96. The van der Waals surface area contributed by atoms with Gasteiger partial charge in [0.15, 0.2) is 0 Å². The molecule has 0 aliphatic carbocycles. The summed E-state index contributed by atoms with van der Waals surface area (Å²) in [5.41, 5.74) is -2.06. The van der Waals surface area contributed by atoms with Crippen LogP contribution in [-0.2, 0) is 33.3 Å². The molecule has 126 valence electrons. The number of aliphatic hydroxyl groups excluding tert-OH is 3. The molecule has 2 unspecified atom stereocenters. The summed E-state index contributed by atoms with van der Waals surface area (Å²) in [6, 6.07) is 0. The van der Waals surface area contributed by atoms with Crippen molar-refractivity contribution in [1.29, 1.82) is 0 Å². The van der Waals surface area contributed by atoms with E-state index in [1.165, 1.54) is 6.92 Å². The minimum atomic E-state index is -4.02. The predicted octanol–water partition coefficient (Wildman–Crippen LogP) is -2.86. The van der Waals surface area contributed by atoms with E-state index in [2.05, 4.69) is 8.37 Å². The fourth-order valence-corrected chi connectivity index (χ4v) is 3.17. The predicted molar refractivity (Wildman–Crippen MR) is 68.0 cm³/mol. The molecule has 0 amide bonds. The maximum atomic E-state index is 11.1. The van der Waals surface area contributed by atoms with E-state index >= 15 is 0 Å². The number of aliphatic hydroxyl groups is 3. The average molecular weight is 350 g/mol. The molecule has 0 spiro atoms. The first-order valence-electron chi connectivity index (χ1n) is 5.74. The van der Waals surface area contributed by atoms with Gasteiger partial charge in [-0.25, -0.2) is 4.18 Å². The highest BCUT2D eigenvalue weighted by atomic mass is 32.2. The second-order valence-corrected chi connectivity index (χ2v) is 7.98. The lowest BCUT2D eigenvalue weighted by molar-refractivity contribution is -0.192. The molecule has 1 rings (SSSR count). The van der Waals surface area contributed by atoms with Gasteiger partial charge in [0.05, 0.1) is 19.1 Å². The number of hydrogen-bond acceptors (Lipinski definition) is 10. The van der Waals surface area contributed by atoms with E-state index in [0.717, 1.165) is 6.26 Å². The Hall–Kier alpha value is -0.340. The Labute approximate surface area is 122 Å². The Morgan fingerprint density at radius 3 is 2.10 bits per heavy atom. The summed E-state index contributed by atoms with van der Waals surface area (Å²) >= 11 is 0. The van der Waals surface area contributed by atoms with E-state index in [1.807, 2.05) is 0 Å². The van der Waals surface area contributed by atoms with Crippen LogP contribution in [0.3, 0.4) is 0 Å². The van der Waals surface area contributed by atoms with Crippen molar-refractivity contribution in [1.82, 2.24) is 0 Å². The molecule has 1 aliphatic rings. The zero-order chi connectivity index (χ0) is 16.6. The van der Waals surface area contributed by atoms with E-state index in [4.69, 9.17) is 4.74 Å². The summed E-state index contributed by atoms with van der Waals surface area (Å²) in [5, 5.41) is 29.1. The first-order chi connectivity index (χ1) is 9.32. The zero-order valence-corrected chi connectivity index (χ0v) is 13.2. The summed E-state index contributed by atoms with van der Waals surface area (Å²) in [5.74, 6) is 0. The zero-order valence-electron chi connectivity index (χ0n) is 11.5. The van der Waals surface area contributed by atoms with E-state index in [0.29, 0.717) is 6.26 Å². The van der Waals surface area contributed by atoms with Crippen LogP contribution in [-0.4, -0.2) is 81.5 Å². The summed E-state index contributed by atoms with van der Waals surface area (Å²) in [7, 11) is -7.97. The van der Waals surface area contributed by atoms with Gasteiger partial charge in [-0.05, 0) is 6.92 Å². The van der Waals surface area contributed by atoms with Crippen molar-refractivity contribution in [2.75, 3.05) is 19.1 Å². The van der Waals surface area contributed by atoms with E-state index in [1.54, 1.807) is 0 Å². The van der Waals surface area contributed by atoms with Crippen molar-refractivity contribution in [3.05, 3.63) is 0 Å². The number of ether oxygens (including phenoxy) is 1. The van der Waals surface area contributed by atoms with Crippen LogP contribution in [0.4, 0.5) is 0 Å². The van der Waals surface area contributed by atoms with Gasteiger partial charge < -0.3 is 20.1 Å². The maximum absolute atomic E-state index is 11.1. The van der Waals surface area contributed by atoms with E-state index < -0.39 is 57.0 Å². The highest BCUT2D eigenvalue weighted by Crippen LogP contribution is 2.36. The fraction of sp³-hybridized carbons (Fsp3) is 1.00. The average Bonchev–Trinajstić information content (AvgIpc) is 2.50. The van der Waals surface area contributed by atoms with Crippen molar-refractivity contribution in [2.24, 2.45) is 0 Å². The molecule has 21 heavy (non-hydrogen) atoms. The molecule has 3 N–H and O–H groups in total. The Morgan fingerprint density at radius 1 is 1.19 bits per heavy atom. The van der Waals surface area contributed by atoms with Crippen LogP contribution in [0.2, 0.25) is 0 Å². The molecule has 5 atom stereocenters. The Balaban J connectivity index is 3.07. The molecule has 0 bridgehead atoms. The highest BCUT2D eigenvalue weighted by molar-refractivity contribution is 7.86. The van der Waals surface area contributed by atoms with Gasteiger partial charge in [0.1, 0.15) is 23.9 Å². The molecule has 1 fully saturated rings. The Morgan fingerprint density at radius 2 is 1.71 bits per heavy atom. The van der Waals surface area contributed by atoms with Crippen molar-refractivity contribution in [2.45, 2.75) is 37.1 Å². The molecule has 12 heteroatoms. The Kier molecular flexibility index (Phi) is 5.38. The molecular formula is C9H18O10S2. The number of rotatable bonds is 6. The van der Waals surface area contributed by atoms with Crippen molar-refractivity contribution >= 4 is 20.2 Å².